The Bertz CT molecular complexity index is 912. The van der Waals surface area contributed by atoms with Gasteiger partial charge in [0.05, 0.1) is 29.3 Å². The highest BCUT2D eigenvalue weighted by atomic mass is 32.1. The Kier molecular flexibility index (Phi) is 5.06. The summed E-state index contributed by atoms with van der Waals surface area (Å²) in [5.41, 5.74) is 0.893. The molecular weight excluding hydrogens is 340 g/mol. The van der Waals surface area contributed by atoms with Crippen LogP contribution in [0.15, 0.2) is 40.2 Å². The zero-order valence-electron chi connectivity index (χ0n) is 13.4. The van der Waals surface area contributed by atoms with Gasteiger partial charge in [0.25, 0.3) is 0 Å². The van der Waals surface area contributed by atoms with Crippen LogP contribution in [0.2, 0.25) is 0 Å². The summed E-state index contributed by atoms with van der Waals surface area (Å²) in [5.74, 6) is 1.18. The van der Waals surface area contributed by atoms with E-state index in [0.29, 0.717) is 35.1 Å². The average molecular weight is 354 g/mol. The largest absolute Gasteiger partial charge is 0.495 e. The van der Waals surface area contributed by atoms with E-state index in [0.717, 1.165) is 4.88 Å². The second kappa shape index (κ2) is 7.59. The number of methoxy groups -OCH3 is 1. The molecule has 0 aliphatic rings. The van der Waals surface area contributed by atoms with Gasteiger partial charge in [-0.05, 0) is 29.6 Å². The van der Waals surface area contributed by atoms with Gasteiger partial charge in [-0.25, -0.2) is 0 Å². The van der Waals surface area contributed by atoms with Gasteiger partial charge in [-0.15, -0.1) is 11.3 Å². The lowest BCUT2D eigenvalue weighted by atomic mass is 10.2. The highest BCUT2D eigenvalue weighted by Gasteiger charge is 2.13. The lowest BCUT2D eigenvalue weighted by Crippen LogP contribution is -2.13. The Morgan fingerprint density at radius 3 is 3.04 bits per heavy atom. The van der Waals surface area contributed by atoms with E-state index in [9.17, 15) is 4.79 Å². The molecule has 126 valence electrons. The van der Waals surface area contributed by atoms with Crippen LogP contribution in [0.25, 0.3) is 10.7 Å². The maximum Gasteiger partial charge on any atom is 0.227 e. The number of carbonyl (C=O) groups is 1. The number of rotatable bonds is 6. The Balaban J connectivity index is 1.61. The molecule has 8 heteroatoms. The van der Waals surface area contributed by atoms with E-state index >= 15 is 0 Å². The lowest BCUT2D eigenvalue weighted by Gasteiger charge is -2.09. The standard InChI is InChI=1S/C17H14N4O3S/c1-23-13-5-4-11(10-18)9-12(13)19-15(22)6-7-16-20-17(21-24-16)14-3-2-8-25-14/h2-5,8-9H,6-7H2,1H3,(H,19,22). The number of nitriles is 1. The number of thiophene rings is 1. The van der Waals surface area contributed by atoms with Crippen LogP contribution in [0.3, 0.4) is 0 Å². The number of hydrogen-bond donors (Lipinski definition) is 1. The van der Waals surface area contributed by atoms with E-state index in [-0.39, 0.29) is 12.3 Å². The summed E-state index contributed by atoms with van der Waals surface area (Å²) in [7, 11) is 1.50. The number of carbonyl (C=O) groups excluding carboxylic acids is 1. The first-order valence-electron chi connectivity index (χ1n) is 7.44. The first-order chi connectivity index (χ1) is 12.2. The van der Waals surface area contributed by atoms with E-state index in [1.165, 1.54) is 18.4 Å². The number of aromatic nitrogens is 2. The van der Waals surface area contributed by atoms with Crippen molar-refractivity contribution in [3.05, 3.63) is 47.2 Å². The SMILES string of the molecule is COc1ccc(C#N)cc1NC(=O)CCc1nc(-c2cccs2)no1. The van der Waals surface area contributed by atoms with Crippen LogP contribution in [0, 0.1) is 11.3 Å². The van der Waals surface area contributed by atoms with E-state index in [4.69, 9.17) is 14.5 Å². The summed E-state index contributed by atoms with van der Waals surface area (Å²) in [5, 5.41) is 17.5. The molecule has 0 atom stereocenters. The molecule has 3 aromatic rings. The van der Waals surface area contributed by atoms with Crippen LogP contribution in [0.1, 0.15) is 17.9 Å². The molecule has 7 nitrogen and oxygen atoms in total. The minimum absolute atomic E-state index is 0.173. The number of amides is 1. The van der Waals surface area contributed by atoms with Crippen molar-refractivity contribution in [2.24, 2.45) is 0 Å². The van der Waals surface area contributed by atoms with Crippen molar-refractivity contribution in [2.45, 2.75) is 12.8 Å². The number of hydrogen-bond acceptors (Lipinski definition) is 7. The highest BCUT2D eigenvalue weighted by Crippen LogP contribution is 2.25. The van der Waals surface area contributed by atoms with Crippen molar-refractivity contribution >= 4 is 22.9 Å². The Morgan fingerprint density at radius 1 is 1.44 bits per heavy atom. The summed E-state index contributed by atoms with van der Waals surface area (Å²) in [6, 6.07) is 10.7. The molecule has 0 aliphatic heterocycles. The molecule has 0 aliphatic carbocycles. The molecule has 0 radical (unpaired) electrons. The molecule has 0 unspecified atom stereocenters. The Labute approximate surface area is 147 Å². The summed E-state index contributed by atoms with van der Waals surface area (Å²) >= 11 is 1.52. The van der Waals surface area contributed by atoms with Crippen LogP contribution in [0.5, 0.6) is 5.75 Å². The van der Waals surface area contributed by atoms with Gasteiger partial charge in [0.1, 0.15) is 5.75 Å². The van der Waals surface area contributed by atoms with Gasteiger partial charge in [-0.1, -0.05) is 11.2 Å². The second-order valence-electron chi connectivity index (χ2n) is 5.06. The van der Waals surface area contributed by atoms with Crippen LogP contribution >= 0.6 is 11.3 Å². The number of ether oxygens (including phenoxy) is 1. The minimum atomic E-state index is -0.232. The molecule has 2 heterocycles. The van der Waals surface area contributed by atoms with Crippen LogP contribution in [-0.2, 0) is 11.2 Å². The molecule has 3 rings (SSSR count). The molecule has 1 N–H and O–H groups in total. The van der Waals surface area contributed by atoms with Crippen molar-refractivity contribution < 1.29 is 14.1 Å². The molecule has 0 fully saturated rings. The van der Waals surface area contributed by atoms with E-state index in [1.54, 1.807) is 18.2 Å². The van der Waals surface area contributed by atoms with Gasteiger partial charge < -0.3 is 14.6 Å². The van der Waals surface area contributed by atoms with Gasteiger partial charge in [0.2, 0.25) is 17.6 Å². The number of anilines is 1. The quantitative estimate of drug-likeness (QED) is 0.729. The molecule has 0 bridgehead atoms. The normalized spacial score (nSPS) is 10.2. The van der Waals surface area contributed by atoms with E-state index in [1.807, 2.05) is 23.6 Å². The fourth-order valence-corrected chi connectivity index (χ4v) is 2.82. The third-order valence-electron chi connectivity index (χ3n) is 3.38. The molecule has 1 aromatic carbocycles. The zero-order valence-corrected chi connectivity index (χ0v) is 14.2. The maximum atomic E-state index is 12.2. The topological polar surface area (TPSA) is 101 Å². The monoisotopic (exact) mass is 354 g/mol. The molecule has 2 aromatic heterocycles. The Morgan fingerprint density at radius 2 is 2.32 bits per heavy atom. The number of aryl methyl sites for hydroxylation is 1. The van der Waals surface area contributed by atoms with Gasteiger partial charge in [-0.3, -0.25) is 4.79 Å². The fourth-order valence-electron chi connectivity index (χ4n) is 2.17. The molecule has 0 spiro atoms. The molecule has 0 saturated heterocycles. The first-order valence-corrected chi connectivity index (χ1v) is 8.32. The number of nitrogens with zero attached hydrogens (tertiary/aromatic N) is 3. The summed E-state index contributed by atoms with van der Waals surface area (Å²) < 4.78 is 10.4. The smallest absolute Gasteiger partial charge is 0.227 e. The van der Waals surface area contributed by atoms with Gasteiger partial charge >= 0.3 is 0 Å². The zero-order chi connectivity index (χ0) is 17.6. The maximum absolute atomic E-state index is 12.2. The van der Waals surface area contributed by atoms with Crippen molar-refractivity contribution in [2.75, 3.05) is 12.4 Å². The van der Waals surface area contributed by atoms with E-state index < -0.39 is 0 Å². The summed E-state index contributed by atoms with van der Waals surface area (Å²) in [4.78, 5) is 17.3. The van der Waals surface area contributed by atoms with Crippen LogP contribution in [0.4, 0.5) is 5.69 Å². The second-order valence-corrected chi connectivity index (χ2v) is 6.01. The highest BCUT2D eigenvalue weighted by molar-refractivity contribution is 7.13. The summed E-state index contributed by atoms with van der Waals surface area (Å²) in [6.45, 7) is 0. The van der Waals surface area contributed by atoms with Gasteiger partial charge in [-0.2, -0.15) is 10.2 Å². The third kappa shape index (κ3) is 4.02. The Hall–Kier alpha value is -3.18. The van der Waals surface area contributed by atoms with E-state index in [2.05, 4.69) is 15.5 Å². The van der Waals surface area contributed by atoms with Crippen molar-refractivity contribution in [1.29, 1.82) is 5.26 Å². The summed E-state index contributed by atoms with van der Waals surface area (Å²) in [6.07, 6.45) is 0.497. The molecule has 1 amide bonds. The van der Waals surface area contributed by atoms with Crippen molar-refractivity contribution in [3.8, 4) is 22.5 Å². The van der Waals surface area contributed by atoms with Crippen molar-refractivity contribution in [1.82, 2.24) is 10.1 Å². The van der Waals surface area contributed by atoms with Gasteiger partial charge in [0, 0.05) is 12.8 Å². The van der Waals surface area contributed by atoms with Crippen molar-refractivity contribution in [3.63, 3.8) is 0 Å². The predicted molar refractivity (Wildman–Crippen MR) is 92.3 cm³/mol. The predicted octanol–water partition coefficient (Wildman–Crippen LogP) is 3.25. The lowest BCUT2D eigenvalue weighted by molar-refractivity contribution is -0.116. The minimum Gasteiger partial charge on any atom is -0.495 e. The molecule has 0 saturated carbocycles. The first kappa shape index (κ1) is 16.7. The average Bonchev–Trinajstić information content (AvgIpc) is 3.31. The molecular formula is C17H14N4O3S. The van der Waals surface area contributed by atoms with Gasteiger partial charge in [0.15, 0.2) is 0 Å². The molecule has 25 heavy (non-hydrogen) atoms. The third-order valence-corrected chi connectivity index (χ3v) is 4.24. The number of benzene rings is 1. The number of nitrogens with one attached hydrogen (secondary N) is 1. The van der Waals surface area contributed by atoms with Crippen LogP contribution < -0.4 is 10.1 Å². The fraction of sp³-hybridized carbons (Fsp3) is 0.176. The van der Waals surface area contributed by atoms with Crippen LogP contribution in [-0.4, -0.2) is 23.2 Å².